The van der Waals surface area contributed by atoms with Gasteiger partial charge in [0, 0.05) is 12.8 Å². The molecule has 0 saturated heterocycles. The lowest BCUT2D eigenvalue weighted by Gasteiger charge is -2.13. The van der Waals surface area contributed by atoms with E-state index in [4.69, 9.17) is 0 Å². The van der Waals surface area contributed by atoms with Crippen LogP contribution in [0.1, 0.15) is 19.8 Å². The molecule has 0 aliphatic heterocycles. The van der Waals surface area contributed by atoms with Gasteiger partial charge >= 0.3 is 11.1 Å². The minimum atomic E-state index is -0.733. The molecule has 1 N–H and O–H groups in total. The van der Waals surface area contributed by atoms with Gasteiger partial charge in [-0.3, -0.25) is 19.4 Å². The zero-order chi connectivity index (χ0) is 12.8. The van der Waals surface area contributed by atoms with E-state index < -0.39 is 11.1 Å². The van der Waals surface area contributed by atoms with E-state index in [1.807, 2.05) is 0 Å². The molecule has 1 aromatic rings. The molecule has 0 saturated carbocycles. The van der Waals surface area contributed by atoms with Crippen LogP contribution in [0.25, 0.3) is 0 Å². The van der Waals surface area contributed by atoms with Gasteiger partial charge in [-0.2, -0.15) is 17.6 Å². The summed E-state index contributed by atoms with van der Waals surface area (Å²) < 4.78 is 1.48. The van der Waals surface area contributed by atoms with Gasteiger partial charge in [-0.05, 0) is 18.1 Å². The van der Waals surface area contributed by atoms with Gasteiger partial charge in [0.25, 0.3) is 0 Å². The van der Waals surface area contributed by atoms with Gasteiger partial charge in [0.1, 0.15) is 0 Å². The van der Waals surface area contributed by atoms with E-state index in [0.29, 0.717) is 11.1 Å². The summed E-state index contributed by atoms with van der Waals surface area (Å²) in [7, 11) is 1.67. The second-order valence-electron chi connectivity index (χ2n) is 3.85. The molecule has 0 aliphatic rings. The van der Waals surface area contributed by atoms with Crippen molar-refractivity contribution in [1.82, 2.24) is 14.8 Å². The smallest absolute Gasteiger partial charge is 0.265 e. The van der Waals surface area contributed by atoms with Crippen LogP contribution in [-0.2, 0) is 7.05 Å². The molecular weight excluding hydrogens is 258 g/mol. The molecule has 5 nitrogen and oxygen atoms in total. The standard InChI is InChI=1S/C10H17N3O2S2/c1-3-4-7(5-16)6-17-10-11-8(14)9(15)12-13(10)2/h7,16H,3-6H2,1-2H3,(H,12,15). The Hall–Kier alpha value is -0.690. The summed E-state index contributed by atoms with van der Waals surface area (Å²) in [5, 5.41) is 2.97. The lowest BCUT2D eigenvalue weighted by molar-refractivity contribution is 0.580. The number of thiol groups is 1. The summed E-state index contributed by atoms with van der Waals surface area (Å²) >= 11 is 5.77. The van der Waals surface area contributed by atoms with E-state index in [9.17, 15) is 9.59 Å². The van der Waals surface area contributed by atoms with Crippen molar-refractivity contribution in [1.29, 1.82) is 0 Å². The Kier molecular flexibility index (Phi) is 5.84. The molecule has 0 bridgehead atoms. The number of aryl methyl sites for hydroxylation is 1. The van der Waals surface area contributed by atoms with Gasteiger partial charge in [0.15, 0.2) is 5.16 Å². The minimum Gasteiger partial charge on any atom is -0.265 e. The second-order valence-corrected chi connectivity index (χ2v) is 5.20. The minimum absolute atomic E-state index is 0.497. The quantitative estimate of drug-likeness (QED) is 0.460. The molecule has 0 spiro atoms. The van der Waals surface area contributed by atoms with E-state index in [0.717, 1.165) is 24.3 Å². The molecule has 0 fully saturated rings. The Morgan fingerprint density at radius 3 is 2.82 bits per heavy atom. The second kappa shape index (κ2) is 6.90. The molecule has 1 atom stereocenters. The molecular formula is C10H17N3O2S2. The van der Waals surface area contributed by atoms with Crippen molar-refractivity contribution in [2.75, 3.05) is 11.5 Å². The average Bonchev–Trinajstić information content (AvgIpc) is 2.30. The molecule has 0 aromatic carbocycles. The number of aromatic amines is 1. The molecule has 1 aromatic heterocycles. The first kappa shape index (κ1) is 14.4. The molecule has 0 aliphatic carbocycles. The number of rotatable bonds is 6. The van der Waals surface area contributed by atoms with Gasteiger partial charge < -0.3 is 0 Å². The van der Waals surface area contributed by atoms with Crippen molar-refractivity contribution in [3.8, 4) is 0 Å². The Balaban J connectivity index is 2.72. The normalized spacial score (nSPS) is 12.6. The Morgan fingerprint density at radius 1 is 1.53 bits per heavy atom. The number of hydrogen-bond donors (Lipinski definition) is 2. The maximum atomic E-state index is 11.1. The largest absolute Gasteiger partial charge is 0.339 e. The van der Waals surface area contributed by atoms with Crippen molar-refractivity contribution < 1.29 is 0 Å². The van der Waals surface area contributed by atoms with Gasteiger partial charge in [-0.25, -0.2) is 0 Å². The van der Waals surface area contributed by atoms with Gasteiger partial charge in [0.05, 0.1) is 0 Å². The van der Waals surface area contributed by atoms with Crippen molar-refractivity contribution in [3.05, 3.63) is 20.7 Å². The number of nitrogens with zero attached hydrogens (tertiary/aromatic N) is 2. The summed E-state index contributed by atoms with van der Waals surface area (Å²) in [5.41, 5.74) is -1.42. The van der Waals surface area contributed by atoms with Crippen molar-refractivity contribution in [2.24, 2.45) is 13.0 Å². The van der Waals surface area contributed by atoms with E-state index in [-0.39, 0.29) is 0 Å². The van der Waals surface area contributed by atoms with Crippen LogP contribution in [0.2, 0.25) is 0 Å². The van der Waals surface area contributed by atoms with E-state index in [2.05, 4.69) is 29.6 Å². The summed E-state index contributed by atoms with van der Waals surface area (Å²) in [5.74, 6) is 2.17. The lowest BCUT2D eigenvalue weighted by Crippen LogP contribution is -2.34. The van der Waals surface area contributed by atoms with Crippen LogP contribution >= 0.6 is 24.4 Å². The first-order valence-electron chi connectivity index (χ1n) is 5.49. The average molecular weight is 275 g/mol. The van der Waals surface area contributed by atoms with Crippen LogP contribution in [0, 0.1) is 5.92 Å². The third-order valence-electron chi connectivity index (χ3n) is 2.35. The fourth-order valence-electron chi connectivity index (χ4n) is 1.42. The highest BCUT2D eigenvalue weighted by Gasteiger charge is 2.10. The molecule has 1 heterocycles. The third-order valence-corrected chi connectivity index (χ3v) is 4.13. The number of nitrogens with one attached hydrogen (secondary N) is 1. The summed E-state index contributed by atoms with van der Waals surface area (Å²) in [6, 6.07) is 0. The van der Waals surface area contributed by atoms with E-state index in [1.54, 1.807) is 7.05 Å². The van der Waals surface area contributed by atoms with Crippen LogP contribution in [0.15, 0.2) is 14.7 Å². The molecule has 0 amide bonds. The van der Waals surface area contributed by atoms with Gasteiger partial charge in [0.2, 0.25) is 0 Å². The lowest BCUT2D eigenvalue weighted by atomic mass is 10.1. The van der Waals surface area contributed by atoms with Crippen molar-refractivity contribution in [2.45, 2.75) is 24.9 Å². The van der Waals surface area contributed by atoms with E-state index in [1.165, 1.54) is 16.4 Å². The highest BCUT2D eigenvalue weighted by atomic mass is 32.2. The first-order valence-corrected chi connectivity index (χ1v) is 7.11. The summed E-state index contributed by atoms with van der Waals surface area (Å²) in [6.07, 6.45) is 2.22. The monoisotopic (exact) mass is 275 g/mol. The van der Waals surface area contributed by atoms with Crippen LogP contribution < -0.4 is 11.1 Å². The van der Waals surface area contributed by atoms with Gasteiger partial charge in [-0.15, -0.1) is 0 Å². The molecule has 7 heteroatoms. The molecule has 17 heavy (non-hydrogen) atoms. The predicted molar refractivity (Wildman–Crippen MR) is 73.1 cm³/mol. The molecule has 96 valence electrons. The number of thioether (sulfide) groups is 1. The number of H-pyrrole nitrogens is 1. The fraction of sp³-hybridized carbons (Fsp3) is 0.700. The summed E-state index contributed by atoms with van der Waals surface area (Å²) in [4.78, 5) is 25.9. The molecule has 1 unspecified atom stereocenters. The SMILES string of the molecule is CCCC(CS)CSc1nc(=O)c(=O)[nH]n1C. The van der Waals surface area contributed by atoms with Crippen LogP contribution in [0.4, 0.5) is 0 Å². The Bertz CT molecular complexity index is 469. The zero-order valence-corrected chi connectivity index (χ0v) is 11.7. The zero-order valence-electron chi connectivity index (χ0n) is 9.97. The third kappa shape index (κ3) is 4.23. The van der Waals surface area contributed by atoms with Crippen LogP contribution in [-0.4, -0.2) is 26.3 Å². The molecule has 0 radical (unpaired) electrons. The van der Waals surface area contributed by atoms with Crippen molar-refractivity contribution in [3.63, 3.8) is 0 Å². The fourth-order valence-corrected chi connectivity index (χ4v) is 2.96. The Morgan fingerprint density at radius 2 is 2.24 bits per heavy atom. The van der Waals surface area contributed by atoms with Crippen LogP contribution in [0.3, 0.4) is 0 Å². The topological polar surface area (TPSA) is 67.8 Å². The van der Waals surface area contributed by atoms with E-state index >= 15 is 0 Å². The number of hydrogen-bond acceptors (Lipinski definition) is 5. The van der Waals surface area contributed by atoms with Gasteiger partial charge in [-0.1, -0.05) is 25.1 Å². The Labute approximate surface area is 109 Å². The van der Waals surface area contributed by atoms with Crippen molar-refractivity contribution >= 4 is 24.4 Å². The maximum Gasteiger partial charge on any atom is 0.339 e. The molecule has 1 rings (SSSR count). The highest BCUT2D eigenvalue weighted by Crippen LogP contribution is 2.20. The number of aromatic nitrogens is 3. The van der Waals surface area contributed by atoms with Crippen LogP contribution in [0.5, 0.6) is 0 Å². The highest BCUT2D eigenvalue weighted by molar-refractivity contribution is 7.99. The summed E-state index contributed by atoms with van der Waals surface area (Å²) in [6.45, 7) is 2.13. The predicted octanol–water partition coefficient (Wildman–Crippen LogP) is 0.907. The maximum absolute atomic E-state index is 11.1. The first-order chi connectivity index (χ1) is 8.08.